The van der Waals surface area contributed by atoms with E-state index in [1.165, 1.54) is 6.20 Å². The van der Waals surface area contributed by atoms with Crippen molar-refractivity contribution in [1.82, 2.24) is 4.98 Å². The van der Waals surface area contributed by atoms with Crippen molar-refractivity contribution in [3.05, 3.63) is 17.8 Å². The van der Waals surface area contributed by atoms with Gasteiger partial charge in [-0.15, -0.1) is 0 Å². The summed E-state index contributed by atoms with van der Waals surface area (Å²) in [6.07, 6.45) is 2.79. The van der Waals surface area contributed by atoms with Crippen LogP contribution in [0.15, 0.2) is 10.6 Å². The third-order valence-corrected chi connectivity index (χ3v) is 2.24. The van der Waals surface area contributed by atoms with E-state index in [9.17, 15) is 4.79 Å². The van der Waals surface area contributed by atoms with Crippen LogP contribution in [0.1, 0.15) is 29.8 Å². The van der Waals surface area contributed by atoms with Gasteiger partial charge in [-0.3, -0.25) is 4.79 Å². The van der Waals surface area contributed by atoms with Crippen LogP contribution >= 0.6 is 0 Å². The van der Waals surface area contributed by atoms with Crippen LogP contribution in [0.3, 0.4) is 0 Å². The molecular formula is C9H15BN2O4. The molecule has 88 valence electrons. The molecule has 1 unspecified atom stereocenters. The van der Waals surface area contributed by atoms with Crippen molar-refractivity contribution >= 4 is 13.0 Å². The van der Waals surface area contributed by atoms with Gasteiger partial charge in [-0.1, -0.05) is 13.3 Å². The molecule has 7 heteroatoms. The van der Waals surface area contributed by atoms with Gasteiger partial charge in [0.1, 0.15) is 0 Å². The molecule has 1 aromatic heterocycles. The van der Waals surface area contributed by atoms with E-state index in [0.717, 1.165) is 0 Å². The molecule has 0 aliphatic rings. The molecule has 0 aliphatic heterocycles. The van der Waals surface area contributed by atoms with Gasteiger partial charge in [0.25, 0.3) is 5.91 Å². The summed E-state index contributed by atoms with van der Waals surface area (Å²) in [4.78, 5) is 14.6. The number of aromatic nitrogens is 1. The van der Waals surface area contributed by atoms with Crippen LogP contribution in [0.4, 0.5) is 0 Å². The van der Waals surface area contributed by atoms with Gasteiger partial charge in [0.05, 0.1) is 6.20 Å². The number of rotatable bonds is 6. The second-order valence-corrected chi connectivity index (χ2v) is 3.85. The van der Waals surface area contributed by atoms with Gasteiger partial charge in [-0.25, -0.2) is 4.98 Å². The topological polar surface area (TPSA) is 110 Å². The quantitative estimate of drug-likeness (QED) is 0.582. The smallest absolute Gasteiger partial charge is 0.436 e. The lowest BCUT2D eigenvalue weighted by atomic mass is 9.81. The first kappa shape index (κ1) is 12.7. The molecular weight excluding hydrogens is 211 g/mol. The third-order valence-electron chi connectivity index (χ3n) is 2.24. The van der Waals surface area contributed by atoms with Gasteiger partial charge < -0.3 is 20.2 Å². The number of carbonyl (C=O) groups excluding carboxylic acids is 1. The van der Waals surface area contributed by atoms with Crippen LogP contribution in [-0.2, 0) is 6.42 Å². The van der Waals surface area contributed by atoms with Crippen LogP contribution in [0.25, 0.3) is 0 Å². The first-order chi connectivity index (χ1) is 7.49. The minimum Gasteiger partial charge on any atom is -0.436 e. The zero-order chi connectivity index (χ0) is 12.1. The second kappa shape index (κ2) is 5.67. The average Bonchev–Trinajstić information content (AvgIpc) is 2.63. The lowest BCUT2D eigenvalue weighted by Gasteiger charge is -2.07. The number of oxazole rings is 1. The highest BCUT2D eigenvalue weighted by Gasteiger charge is 2.14. The molecule has 1 rings (SSSR count). The molecule has 4 N–H and O–H groups in total. The monoisotopic (exact) mass is 226 g/mol. The number of carbonyl (C=O) groups is 1. The number of nitrogens with zero attached hydrogens (tertiary/aromatic N) is 1. The van der Waals surface area contributed by atoms with Crippen molar-refractivity contribution in [3.63, 3.8) is 0 Å². The predicted molar refractivity (Wildman–Crippen MR) is 57.5 cm³/mol. The Hall–Kier alpha value is -1.34. The Morgan fingerprint density at radius 2 is 2.38 bits per heavy atom. The molecule has 0 saturated carbocycles. The Bertz CT molecular complexity index is 353. The van der Waals surface area contributed by atoms with Crippen LogP contribution in [0.2, 0.25) is 6.32 Å². The summed E-state index contributed by atoms with van der Waals surface area (Å²) in [5.74, 6) is 0.0384. The maximum atomic E-state index is 10.7. The summed E-state index contributed by atoms with van der Waals surface area (Å²) >= 11 is 0. The lowest BCUT2D eigenvalue weighted by Crippen LogP contribution is -2.12. The van der Waals surface area contributed by atoms with E-state index in [0.29, 0.717) is 25.1 Å². The summed E-state index contributed by atoms with van der Waals surface area (Å²) < 4.78 is 5.11. The van der Waals surface area contributed by atoms with Crippen molar-refractivity contribution in [2.75, 3.05) is 0 Å². The van der Waals surface area contributed by atoms with Crippen molar-refractivity contribution in [1.29, 1.82) is 0 Å². The Morgan fingerprint density at radius 1 is 1.69 bits per heavy atom. The first-order valence-corrected chi connectivity index (χ1v) is 5.09. The summed E-state index contributed by atoms with van der Waals surface area (Å²) in [5.41, 5.74) is 5.02. The minimum absolute atomic E-state index is 0.0457. The number of amides is 1. The van der Waals surface area contributed by atoms with E-state index < -0.39 is 13.0 Å². The highest BCUT2D eigenvalue weighted by molar-refractivity contribution is 6.40. The SMILES string of the molecule is CC(CCB(O)O)Cc1ncc(C(N)=O)o1. The van der Waals surface area contributed by atoms with E-state index in [1.54, 1.807) is 0 Å². The molecule has 0 bridgehead atoms. The van der Waals surface area contributed by atoms with Gasteiger partial charge >= 0.3 is 7.12 Å². The predicted octanol–water partition coefficient (Wildman–Crippen LogP) is -0.185. The summed E-state index contributed by atoms with van der Waals surface area (Å²) in [6, 6.07) is 0. The molecule has 6 nitrogen and oxygen atoms in total. The lowest BCUT2D eigenvalue weighted by molar-refractivity contribution is 0.0971. The Kier molecular flexibility index (Phi) is 4.51. The van der Waals surface area contributed by atoms with Gasteiger partial charge in [0.15, 0.2) is 5.89 Å². The van der Waals surface area contributed by atoms with Gasteiger partial charge in [0.2, 0.25) is 5.76 Å². The fourth-order valence-corrected chi connectivity index (χ4v) is 1.35. The van der Waals surface area contributed by atoms with Crippen LogP contribution in [0, 0.1) is 5.92 Å². The van der Waals surface area contributed by atoms with E-state index in [-0.39, 0.29) is 11.7 Å². The van der Waals surface area contributed by atoms with Gasteiger partial charge in [-0.2, -0.15) is 0 Å². The molecule has 0 spiro atoms. The van der Waals surface area contributed by atoms with Gasteiger partial charge in [-0.05, 0) is 12.2 Å². The zero-order valence-corrected chi connectivity index (χ0v) is 9.09. The maximum Gasteiger partial charge on any atom is 0.451 e. The Balaban J connectivity index is 2.43. The standard InChI is InChI=1S/C9H15BN2O4/c1-6(2-3-10(14)15)4-8-12-5-7(16-8)9(11)13/h5-6,14-15H,2-4H2,1H3,(H2,11,13). The van der Waals surface area contributed by atoms with E-state index in [1.807, 2.05) is 6.92 Å². The van der Waals surface area contributed by atoms with Crippen LogP contribution in [0.5, 0.6) is 0 Å². The molecule has 1 heterocycles. The van der Waals surface area contributed by atoms with Crippen molar-refractivity contribution in [2.24, 2.45) is 11.7 Å². The molecule has 0 aromatic carbocycles. The summed E-state index contributed by atoms with van der Waals surface area (Å²) in [5, 5.41) is 17.4. The minimum atomic E-state index is -1.28. The van der Waals surface area contributed by atoms with Crippen molar-refractivity contribution < 1.29 is 19.3 Å². The average molecular weight is 226 g/mol. The molecule has 0 aliphatic carbocycles. The fourth-order valence-electron chi connectivity index (χ4n) is 1.35. The highest BCUT2D eigenvalue weighted by atomic mass is 16.4. The Labute approximate surface area is 93.6 Å². The van der Waals surface area contributed by atoms with Crippen molar-refractivity contribution in [2.45, 2.75) is 26.1 Å². The van der Waals surface area contributed by atoms with E-state index in [4.69, 9.17) is 20.2 Å². The van der Waals surface area contributed by atoms with Crippen molar-refractivity contribution in [3.8, 4) is 0 Å². The molecule has 16 heavy (non-hydrogen) atoms. The normalized spacial score (nSPS) is 12.4. The largest absolute Gasteiger partial charge is 0.451 e. The number of hydrogen-bond acceptors (Lipinski definition) is 5. The number of hydrogen-bond donors (Lipinski definition) is 3. The molecule has 1 aromatic rings. The number of primary amides is 1. The van der Waals surface area contributed by atoms with Gasteiger partial charge in [0, 0.05) is 6.42 Å². The van der Waals surface area contributed by atoms with Crippen LogP contribution < -0.4 is 5.73 Å². The van der Waals surface area contributed by atoms with E-state index in [2.05, 4.69) is 4.98 Å². The third kappa shape index (κ3) is 4.04. The number of nitrogens with two attached hydrogens (primary N) is 1. The van der Waals surface area contributed by atoms with Crippen LogP contribution in [-0.4, -0.2) is 28.1 Å². The second-order valence-electron chi connectivity index (χ2n) is 3.85. The molecule has 0 fully saturated rings. The highest BCUT2D eigenvalue weighted by Crippen LogP contribution is 2.14. The first-order valence-electron chi connectivity index (χ1n) is 5.09. The fraction of sp³-hybridized carbons (Fsp3) is 0.556. The molecule has 1 amide bonds. The molecule has 1 atom stereocenters. The maximum absolute atomic E-state index is 10.7. The summed E-state index contributed by atoms with van der Waals surface area (Å²) in [7, 11) is -1.28. The summed E-state index contributed by atoms with van der Waals surface area (Å²) in [6.45, 7) is 1.94. The Morgan fingerprint density at radius 3 is 2.88 bits per heavy atom. The zero-order valence-electron chi connectivity index (χ0n) is 9.09. The molecule has 0 radical (unpaired) electrons. The van der Waals surface area contributed by atoms with E-state index >= 15 is 0 Å². The molecule has 0 saturated heterocycles.